The number of nitrogens with one attached hydrogen (secondary N) is 1. The summed E-state index contributed by atoms with van der Waals surface area (Å²) in [4.78, 5) is 27.3. The topological polar surface area (TPSA) is 97.0 Å². The Kier molecular flexibility index (Phi) is 8.03. The number of carbonyl (C=O) groups excluding carboxylic acids is 2. The quantitative estimate of drug-likeness (QED) is 0.483. The number of guanidine groups is 1. The van der Waals surface area contributed by atoms with Gasteiger partial charge in [-0.05, 0) is 18.2 Å². The molecule has 2 amide bonds. The molecule has 24 heavy (non-hydrogen) atoms. The van der Waals surface area contributed by atoms with Gasteiger partial charge < -0.3 is 20.7 Å². The minimum Gasteiger partial charge on any atom is -0.468 e. The third-order valence-electron chi connectivity index (χ3n) is 2.64. The van der Waals surface area contributed by atoms with Gasteiger partial charge in [-0.3, -0.25) is 4.79 Å². The Labute approximate surface area is 142 Å². The molecule has 0 saturated carbocycles. The maximum Gasteiger partial charge on any atom is 0.416 e. The van der Waals surface area contributed by atoms with Crippen LogP contribution in [0.4, 0.5) is 23.7 Å². The second-order valence-electron chi connectivity index (χ2n) is 4.41. The van der Waals surface area contributed by atoms with E-state index >= 15 is 0 Å². The predicted molar refractivity (Wildman–Crippen MR) is 84.0 cm³/mol. The Bertz CT molecular complexity index is 623. The van der Waals surface area contributed by atoms with Crippen LogP contribution in [0.3, 0.4) is 0 Å². The molecule has 0 spiro atoms. The Morgan fingerprint density at radius 2 is 2.00 bits per heavy atom. The summed E-state index contributed by atoms with van der Waals surface area (Å²) in [5.41, 5.74) is 4.51. The maximum atomic E-state index is 12.6. The summed E-state index contributed by atoms with van der Waals surface area (Å²) in [5.74, 6) is -0.885. The fourth-order valence-corrected chi connectivity index (χ4v) is 1.45. The van der Waals surface area contributed by atoms with Crippen LogP contribution in [0.25, 0.3) is 0 Å². The molecule has 0 fully saturated rings. The fourth-order valence-electron chi connectivity index (χ4n) is 1.45. The van der Waals surface area contributed by atoms with Gasteiger partial charge in [0.05, 0.1) is 12.7 Å². The zero-order valence-electron chi connectivity index (χ0n) is 12.8. The highest BCUT2D eigenvalue weighted by Gasteiger charge is 2.30. The number of nitrogens with zero attached hydrogens (tertiary/aromatic N) is 2. The molecule has 0 aliphatic rings. The number of alkyl halides is 3. The molecule has 0 atom stereocenters. The first kappa shape index (κ1) is 21.5. The second kappa shape index (κ2) is 8.96. The molecule has 0 saturated heterocycles. The standard InChI is InChI=1S/C13H15F3N4O3.ClH/c1-20(7-10(21)23-2)11(17)19-12(22)18-9-5-3-4-8(6-9)13(14,15)16;/h3-6H,7H2,1-2H3,(H3,17,18,19,22);1H. The van der Waals surface area contributed by atoms with Gasteiger partial charge in [0.2, 0.25) is 5.96 Å². The lowest BCUT2D eigenvalue weighted by atomic mass is 10.2. The minimum atomic E-state index is -4.52. The number of hydrogen-bond donors (Lipinski definition) is 2. The van der Waals surface area contributed by atoms with Crippen LogP contribution in [-0.2, 0) is 15.7 Å². The van der Waals surface area contributed by atoms with Crippen LogP contribution in [-0.4, -0.2) is 43.6 Å². The van der Waals surface area contributed by atoms with Gasteiger partial charge >= 0.3 is 18.2 Å². The summed E-state index contributed by atoms with van der Waals surface area (Å²) < 4.78 is 42.1. The molecule has 1 rings (SSSR count). The van der Waals surface area contributed by atoms with E-state index in [0.29, 0.717) is 0 Å². The van der Waals surface area contributed by atoms with E-state index in [1.54, 1.807) is 0 Å². The predicted octanol–water partition coefficient (Wildman–Crippen LogP) is 2.08. The highest BCUT2D eigenvalue weighted by molar-refractivity contribution is 5.99. The number of hydrogen-bond acceptors (Lipinski definition) is 3. The molecular formula is C13H16ClF3N4O3. The van der Waals surface area contributed by atoms with Crippen LogP contribution in [0.5, 0.6) is 0 Å². The van der Waals surface area contributed by atoms with Gasteiger partial charge in [0.25, 0.3) is 0 Å². The molecule has 0 bridgehead atoms. The number of benzene rings is 1. The number of carbonyl (C=O) groups is 2. The van der Waals surface area contributed by atoms with Crippen LogP contribution in [0.1, 0.15) is 5.56 Å². The summed E-state index contributed by atoms with van der Waals surface area (Å²) >= 11 is 0. The van der Waals surface area contributed by atoms with Crippen molar-refractivity contribution < 1.29 is 27.5 Å². The monoisotopic (exact) mass is 368 g/mol. The summed E-state index contributed by atoms with van der Waals surface area (Å²) in [5, 5.41) is 2.16. The highest BCUT2D eigenvalue weighted by atomic mass is 35.5. The van der Waals surface area contributed by atoms with Crippen molar-refractivity contribution in [1.82, 2.24) is 4.90 Å². The molecule has 1 aromatic carbocycles. The van der Waals surface area contributed by atoms with E-state index < -0.39 is 23.7 Å². The first-order valence-corrected chi connectivity index (χ1v) is 6.24. The van der Waals surface area contributed by atoms with E-state index in [9.17, 15) is 22.8 Å². The second-order valence-corrected chi connectivity index (χ2v) is 4.41. The Morgan fingerprint density at radius 1 is 1.38 bits per heavy atom. The van der Waals surface area contributed by atoms with Crippen molar-refractivity contribution in [3.63, 3.8) is 0 Å². The number of amides is 2. The third kappa shape index (κ3) is 6.73. The van der Waals surface area contributed by atoms with Crippen LogP contribution in [0.2, 0.25) is 0 Å². The van der Waals surface area contributed by atoms with Crippen molar-refractivity contribution in [1.29, 1.82) is 0 Å². The van der Waals surface area contributed by atoms with Crippen molar-refractivity contribution in [2.24, 2.45) is 10.7 Å². The largest absolute Gasteiger partial charge is 0.468 e. The van der Waals surface area contributed by atoms with E-state index in [4.69, 9.17) is 5.73 Å². The summed E-state index contributed by atoms with van der Waals surface area (Å²) in [6, 6.07) is 3.09. The van der Waals surface area contributed by atoms with Crippen molar-refractivity contribution in [3.05, 3.63) is 29.8 Å². The van der Waals surface area contributed by atoms with Crippen LogP contribution in [0.15, 0.2) is 29.3 Å². The molecule has 134 valence electrons. The number of anilines is 1. The molecule has 0 aliphatic carbocycles. The molecule has 7 nitrogen and oxygen atoms in total. The lowest BCUT2D eigenvalue weighted by Crippen LogP contribution is -2.39. The number of likely N-dealkylation sites (N-methyl/N-ethyl adjacent to an activating group) is 1. The third-order valence-corrected chi connectivity index (χ3v) is 2.64. The van der Waals surface area contributed by atoms with Crippen molar-refractivity contribution in [2.75, 3.05) is 26.0 Å². The number of ether oxygens (including phenoxy) is 1. The van der Waals surface area contributed by atoms with Gasteiger partial charge in [0.15, 0.2) is 0 Å². The van der Waals surface area contributed by atoms with E-state index in [-0.39, 0.29) is 30.6 Å². The van der Waals surface area contributed by atoms with E-state index in [2.05, 4.69) is 15.0 Å². The number of halogens is 4. The molecule has 0 aromatic heterocycles. The van der Waals surface area contributed by atoms with E-state index in [1.807, 2.05) is 0 Å². The lowest BCUT2D eigenvalue weighted by molar-refractivity contribution is -0.140. The van der Waals surface area contributed by atoms with Gasteiger partial charge in [-0.2, -0.15) is 18.2 Å². The molecule has 0 radical (unpaired) electrons. The average molecular weight is 369 g/mol. The molecule has 1 aromatic rings. The average Bonchev–Trinajstić information content (AvgIpc) is 2.46. The van der Waals surface area contributed by atoms with Gasteiger partial charge in [-0.1, -0.05) is 6.07 Å². The molecular weight excluding hydrogens is 353 g/mol. The zero-order valence-corrected chi connectivity index (χ0v) is 13.6. The van der Waals surface area contributed by atoms with Crippen LogP contribution < -0.4 is 11.1 Å². The van der Waals surface area contributed by atoms with Crippen molar-refractivity contribution in [3.8, 4) is 0 Å². The van der Waals surface area contributed by atoms with Crippen molar-refractivity contribution in [2.45, 2.75) is 6.18 Å². The van der Waals surface area contributed by atoms with Gasteiger partial charge in [0.1, 0.15) is 6.54 Å². The zero-order chi connectivity index (χ0) is 17.6. The van der Waals surface area contributed by atoms with Gasteiger partial charge in [0, 0.05) is 12.7 Å². The van der Waals surface area contributed by atoms with E-state index in [1.165, 1.54) is 20.2 Å². The Hall–Kier alpha value is -2.49. The SMILES string of the molecule is COC(=O)CN(C)/C(N)=N\C(=O)Nc1cccc(C(F)(F)F)c1.Cl. The highest BCUT2D eigenvalue weighted by Crippen LogP contribution is 2.30. The van der Waals surface area contributed by atoms with Crippen LogP contribution >= 0.6 is 12.4 Å². The number of aliphatic imine (C=N–C) groups is 1. The number of methoxy groups -OCH3 is 1. The Balaban J connectivity index is 0.00000529. The molecule has 0 heterocycles. The summed E-state index contributed by atoms with van der Waals surface area (Å²) in [7, 11) is 2.58. The Morgan fingerprint density at radius 3 is 2.54 bits per heavy atom. The van der Waals surface area contributed by atoms with Gasteiger partial charge in [-0.25, -0.2) is 4.79 Å². The number of esters is 1. The van der Waals surface area contributed by atoms with Gasteiger partial charge in [-0.15, -0.1) is 12.4 Å². The maximum absolute atomic E-state index is 12.6. The smallest absolute Gasteiger partial charge is 0.416 e. The first-order valence-electron chi connectivity index (χ1n) is 6.24. The molecule has 11 heteroatoms. The number of rotatable bonds is 3. The number of urea groups is 1. The van der Waals surface area contributed by atoms with E-state index in [0.717, 1.165) is 23.1 Å². The molecule has 0 unspecified atom stereocenters. The lowest BCUT2D eigenvalue weighted by Gasteiger charge is -2.15. The van der Waals surface area contributed by atoms with Crippen molar-refractivity contribution >= 4 is 36.1 Å². The summed E-state index contributed by atoms with van der Waals surface area (Å²) in [6.45, 7) is -0.233. The molecule has 3 N–H and O–H groups in total. The summed E-state index contributed by atoms with van der Waals surface area (Å²) in [6.07, 6.45) is -4.52. The fraction of sp³-hybridized carbons (Fsp3) is 0.308. The van der Waals surface area contributed by atoms with Crippen LogP contribution in [0, 0.1) is 0 Å². The minimum absolute atomic E-state index is 0. The number of nitrogens with two attached hydrogens (primary N) is 1. The normalized spacial score (nSPS) is 11.3. The first-order chi connectivity index (χ1) is 10.6. The molecule has 0 aliphatic heterocycles.